The third-order valence-corrected chi connectivity index (χ3v) is 3.39. The van der Waals surface area contributed by atoms with E-state index >= 15 is 0 Å². The monoisotopic (exact) mass is 269 g/mol. The number of pyridine rings is 1. The third-order valence-electron chi connectivity index (χ3n) is 3.20. The number of nitrogens with zero attached hydrogens (tertiary/aromatic N) is 3. The van der Waals surface area contributed by atoms with E-state index in [0.29, 0.717) is 5.82 Å². The molecule has 5 nitrogen and oxygen atoms in total. The molecule has 0 bridgehead atoms. The molecule has 0 amide bonds. The van der Waals surface area contributed by atoms with Crippen molar-refractivity contribution in [3.05, 3.63) is 27.4 Å². The Kier molecular flexibility index (Phi) is 3.43. The second-order valence-electron chi connectivity index (χ2n) is 5.45. The van der Waals surface area contributed by atoms with Crippen molar-refractivity contribution in [3.8, 4) is 0 Å². The summed E-state index contributed by atoms with van der Waals surface area (Å²) >= 11 is 5.84. The summed E-state index contributed by atoms with van der Waals surface area (Å²) in [6.07, 6.45) is 2.22. The number of hydrogen-bond donors (Lipinski definition) is 0. The minimum Gasteiger partial charge on any atom is -0.356 e. The van der Waals surface area contributed by atoms with Gasteiger partial charge in [-0.2, -0.15) is 0 Å². The number of rotatable bonds is 2. The van der Waals surface area contributed by atoms with E-state index in [1.807, 2.05) is 0 Å². The summed E-state index contributed by atoms with van der Waals surface area (Å²) in [5.74, 6) is 0.599. The van der Waals surface area contributed by atoms with Crippen LogP contribution in [0.5, 0.6) is 0 Å². The van der Waals surface area contributed by atoms with Gasteiger partial charge in [-0.3, -0.25) is 10.1 Å². The Morgan fingerprint density at radius 3 is 2.83 bits per heavy atom. The number of halogens is 1. The molecule has 1 aromatic rings. The molecule has 1 aromatic heterocycles. The molecule has 0 saturated carbocycles. The summed E-state index contributed by atoms with van der Waals surface area (Å²) in [6.45, 7) is 6.10. The Bertz CT molecular complexity index is 476. The van der Waals surface area contributed by atoms with Crippen LogP contribution in [-0.2, 0) is 0 Å². The molecule has 0 spiro atoms. The summed E-state index contributed by atoms with van der Waals surface area (Å²) in [5.41, 5.74) is 0.199. The first-order valence-corrected chi connectivity index (χ1v) is 6.32. The molecule has 1 fully saturated rings. The van der Waals surface area contributed by atoms with Crippen LogP contribution in [0.25, 0.3) is 0 Å². The molecular formula is C12H16ClN3O2. The van der Waals surface area contributed by atoms with Gasteiger partial charge in [0.05, 0.1) is 17.1 Å². The zero-order chi connectivity index (χ0) is 13.3. The number of anilines is 1. The van der Waals surface area contributed by atoms with Crippen molar-refractivity contribution in [1.29, 1.82) is 0 Å². The van der Waals surface area contributed by atoms with Crippen LogP contribution in [0.4, 0.5) is 11.5 Å². The summed E-state index contributed by atoms with van der Waals surface area (Å²) in [7, 11) is 0. The van der Waals surface area contributed by atoms with E-state index in [9.17, 15) is 10.1 Å². The number of nitro groups is 1. The molecule has 1 aliphatic rings. The molecule has 0 radical (unpaired) electrons. The fraction of sp³-hybridized carbons (Fsp3) is 0.583. The lowest BCUT2D eigenvalue weighted by molar-refractivity contribution is -0.384. The van der Waals surface area contributed by atoms with Gasteiger partial charge in [-0.15, -0.1) is 0 Å². The minimum absolute atomic E-state index is 0.00613. The van der Waals surface area contributed by atoms with Crippen LogP contribution in [0, 0.1) is 15.5 Å². The van der Waals surface area contributed by atoms with Crippen molar-refractivity contribution < 1.29 is 4.92 Å². The van der Waals surface area contributed by atoms with E-state index in [0.717, 1.165) is 25.9 Å². The zero-order valence-corrected chi connectivity index (χ0v) is 11.3. The van der Waals surface area contributed by atoms with Gasteiger partial charge in [-0.1, -0.05) is 25.4 Å². The smallest absolute Gasteiger partial charge is 0.276 e. The molecule has 0 N–H and O–H groups in total. The van der Waals surface area contributed by atoms with Gasteiger partial charge in [0, 0.05) is 13.1 Å². The van der Waals surface area contributed by atoms with Crippen molar-refractivity contribution in [3.63, 3.8) is 0 Å². The first-order chi connectivity index (χ1) is 8.37. The van der Waals surface area contributed by atoms with Gasteiger partial charge in [-0.05, 0) is 18.3 Å². The quantitative estimate of drug-likeness (QED) is 0.470. The van der Waals surface area contributed by atoms with Crippen molar-refractivity contribution in [2.45, 2.75) is 26.7 Å². The highest BCUT2D eigenvalue weighted by molar-refractivity contribution is 6.29. The van der Waals surface area contributed by atoms with E-state index in [1.54, 1.807) is 0 Å². The average molecular weight is 270 g/mol. The van der Waals surface area contributed by atoms with Gasteiger partial charge < -0.3 is 4.90 Å². The molecule has 1 aliphatic heterocycles. The first-order valence-electron chi connectivity index (χ1n) is 5.94. The van der Waals surface area contributed by atoms with Gasteiger partial charge in [0.15, 0.2) is 0 Å². The Hall–Kier alpha value is -1.36. The van der Waals surface area contributed by atoms with Gasteiger partial charge in [0.2, 0.25) is 0 Å². The normalized spacial score (nSPS) is 18.7. The average Bonchev–Trinajstić information content (AvgIpc) is 2.26. The maximum atomic E-state index is 10.8. The predicted octanol–water partition coefficient (Wildman–Crippen LogP) is 3.27. The molecule has 6 heteroatoms. The van der Waals surface area contributed by atoms with E-state index in [4.69, 9.17) is 11.6 Å². The third kappa shape index (κ3) is 2.90. The molecule has 1 saturated heterocycles. The second-order valence-corrected chi connectivity index (χ2v) is 5.84. The van der Waals surface area contributed by atoms with Crippen LogP contribution in [0.3, 0.4) is 0 Å². The van der Waals surface area contributed by atoms with Gasteiger partial charge in [0.1, 0.15) is 11.0 Å². The molecule has 0 aromatic carbocycles. The number of piperidine rings is 1. The van der Waals surface area contributed by atoms with Crippen LogP contribution in [0.1, 0.15) is 26.7 Å². The molecule has 0 unspecified atom stereocenters. The Morgan fingerprint density at radius 1 is 1.50 bits per heavy atom. The van der Waals surface area contributed by atoms with Crippen molar-refractivity contribution in [1.82, 2.24) is 4.98 Å². The van der Waals surface area contributed by atoms with Gasteiger partial charge >= 0.3 is 0 Å². The standard InChI is InChI=1S/C12H16ClN3O2/c1-12(2)4-3-5-15(8-12)11-7-9(16(17)18)6-10(13)14-11/h6-7H,3-5,8H2,1-2H3. The highest BCUT2D eigenvalue weighted by atomic mass is 35.5. The largest absolute Gasteiger partial charge is 0.356 e. The Labute approximate surface area is 111 Å². The Balaban J connectivity index is 2.30. The SMILES string of the molecule is CC1(C)CCCN(c2cc([N+](=O)[O-])cc(Cl)n2)C1. The number of hydrogen-bond acceptors (Lipinski definition) is 4. The molecular weight excluding hydrogens is 254 g/mol. The molecule has 18 heavy (non-hydrogen) atoms. The number of aromatic nitrogens is 1. The van der Waals surface area contributed by atoms with Crippen LogP contribution in [-0.4, -0.2) is 23.0 Å². The lowest BCUT2D eigenvalue weighted by Gasteiger charge is -2.38. The van der Waals surface area contributed by atoms with Gasteiger partial charge in [0.25, 0.3) is 5.69 Å². The topological polar surface area (TPSA) is 59.3 Å². The second kappa shape index (κ2) is 4.72. The van der Waals surface area contributed by atoms with Crippen molar-refractivity contribution in [2.24, 2.45) is 5.41 Å². The van der Waals surface area contributed by atoms with Crippen molar-refractivity contribution in [2.75, 3.05) is 18.0 Å². The van der Waals surface area contributed by atoms with E-state index in [-0.39, 0.29) is 16.3 Å². The fourth-order valence-corrected chi connectivity index (χ4v) is 2.55. The maximum absolute atomic E-state index is 10.8. The van der Waals surface area contributed by atoms with Crippen LogP contribution < -0.4 is 4.90 Å². The molecule has 2 heterocycles. The summed E-state index contributed by atoms with van der Waals surface area (Å²) in [6, 6.07) is 2.77. The molecule has 0 aliphatic carbocycles. The zero-order valence-electron chi connectivity index (χ0n) is 10.5. The van der Waals surface area contributed by atoms with Crippen molar-refractivity contribution >= 4 is 23.1 Å². The van der Waals surface area contributed by atoms with E-state index < -0.39 is 4.92 Å². The van der Waals surface area contributed by atoms with Crippen LogP contribution in [0.2, 0.25) is 5.15 Å². The first kappa shape index (κ1) is 13.1. The maximum Gasteiger partial charge on any atom is 0.276 e. The molecule has 0 atom stereocenters. The summed E-state index contributed by atoms with van der Waals surface area (Å²) in [5, 5.41) is 11.0. The highest BCUT2D eigenvalue weighted by Gasteiger charge is 2.28. The minimum atomic E-state index is -0.438. The summed E-state index contributed by atoms with van der Waals surface area (Å²) < 4.78 is 0. The van der Waals surface area contributed by atoms with Crippen LogP contribution >= 0.6 is 11.6 Å². The van der Waals surface area contributed by atoms with Crippen LogP contribution in [0.15, 0.2) is 12.1 Å². The lowest BCUT2D eigenvalue weighted by atomic mass is 9.84. The van der Waals surface area contributed by atoms with E-state index in [1.165, 1.54) is 12.1 Å². The summed E-state index contributed by atoms with van der Waals surface area (Å²) in [4.78, 5) is 16.6. The highest BCUT2D eigenvalue weighted by Crippen LogP contribution is 2.32. The lowest BCUT2D eigenvalue weighted by Crippen LogP contribution is -2.40. The van der Waals surface area contributed by atoms with E-state index in [2.05, 4.69) is 23.7 Å². The molecule has 98 valence electrons. The van der Waals surface area contributed by atoms with Gasteiger partial charge in [-0.25, -0.2) is 4.98 Å². The molecule has 2 rings (SSSR count). The predicted molar refractivity (Wildman–Crippen MR) is 71.1 cm³/mol. The Morgan fingerprint density at radius 2 is 2.22 bits per heavy atom. The fourth-order valence-electron chi connectivity index (χ4n) is 2.36.